The predicted molar refractivity (Wildman–Crippen MR) is 89.3 cm³/mol. The number of halogens is 1. The molecule has 1 N–H and O–H groups in total. The first kappa shape index (κ1) is 15.9. The molecule has 0 aliphatic carbocycles. The van der Waals surface area contributed by atoms with Crippen molar-refractivity contribution in [3.8, 4) is 11.5 Å². The lowest BCUT2D eigenvalue weighted by Crippen LogP contribution is -2.35. The molecular weight excluding hydrogens is 282 g/mol. The summed E-state index contributed by atoms with van der Waals surface area (Å²) < 4.78 is 5.84. The molecule has 0 unspecified atom stereocenters. The number of nitrogens with one attached hydrogen (secondary N) is 1. The molecule has 0 bridgehead atoms. The van der Waals surface area contributed by atoms with Gasteiger partial charge in [-0.3, -0.25) is 0 Å². The maximum Gasteiger partial charge on any atom is 0.146 e. The molecule has 0 aliphatic heterocycles. The maximum atomic E-state index is 6.11. The predicted octanol–water partition coefficient (Wildman–Crippen LogP) is 5.33. The van der Waals surface area contributed by atoms with Crippen LogP contribution >= 0.6 is 11.6 Å². The van der Waals surface area contributed by atoms with Gasteiger partial charge in [-0.25, -0.2) is 0 Å². The van der Waals surface area contributed by atoms with Crippen LogP contribution in [0.3, 0.4) is 0 Å². The second-order valence-electron chi connectivity index (χ2n) is 6.22. The van der Waals surface area contributed by atoms with Gasteiger partial charge in [-0.15, -0.1) is 0 Å². The normalized spacial score (nSPS) is 11.5. The Bertz CT molecular complexity index is 617. The summed E-state index contributed by atoms with van der Waals surface area (Å²) in [5.41, 5.74) is 2.59. The minimum absolute atomic E-state index is 0.110. The van der Waals surface area contributed by atoms with Gasteiger partial charge in [0.1, 0.15) is 11.5 Å². The SMILES string of the molecule is Cc1cc(Oc2ccccc2Cl)ccc1CNC(C)(C)C. The van der Waals surface area contributed by atoms with Crippen molar-refractivity contribution in [3.63, 3.8) is 0 Å². The van der Waals surface area contributed by atoms with E-state index in [9.17, 15) is 0 Å². The lowest BCUT2D eigenvalue weighted by Gasteiger charge is -2.21. The summed E-state index contributed by atoms with van der Waals surface area (Å²) in [6.07, 6.45) is 0. The molecular formula is C18H22ClNO. The highest BCUT2D eigenvalue weighted by Gasteiger charge is 2.10. The van der Waals surface area contributed by atoms with Crippen LogP contribution < -0.4 is 10.1 Å². The largest absolute Gasteiger partial charge is 0.456 e. The monoisotopic (exact) mass is 303 g/mol. The smallest absolute Gasteiger partial charge is 0.146 e. The zero-order valence-electron chi connectivity index (χ0n) is 13.0. The third-order valence-electron chi connectivity index (χ3n) is 3.19. The highest BCUT2D eigenvalue weighted by Crippen LogP contribution is 2.29. The van der Waals surface area contributed by atoms with E-state index in [-0.39, 0.29) is 5.54 Å². The van der Waals surface area contributed by atoms with Crippen molar-refractivity contribution in [2.45, 2.75) is 39.8 Å². The van der Waals surface area contributed by atoms with E-state index in [0.717, 1.165) is 12.3 Å². The molecule has 0 atom stereocenters. The lowest BCUT2D eigenvalue weighted by molar-refractivity contribution is 0.423. The van der Waals surface area contributed by atoms with E-state index < -0.39 is 0 Å². The van der Waals surface area contributed by atoms with E-state index in [4.69, 9.17) is 16.3 Å². The van der Waals surface area contributed by atoms with E-state index in [0.29, 0.717) is 10.8 Å². The second-order valence-corrected chi connectivity index (χ2v) is 6.63. The molecule has 3 heteroatoms. The van der Waals surface area contributed by atoms with E-state index in [1.54, 1.807) is 0 Å². The van der Waals surface area contributed by atoms with Crippen LogP contribution in [0.4, 0.5) is 0 Å². The molecule has 0 radical (unpaired) electrons. The van der Waals surface area contributed by atoms with Gasteiger partial charge in [0.2, 0.25) is 0 Å². The highest BCUT2D eigenvalue weighted by atomic mass is 35.5. The molecule has 2 aromatic rings. The average Bonchev–Trinajstić information content (AvgIpc) is 2.39. The number of rotatable bonds is 4. The second kappa shape index (κ2) is 6.50. The van der Waals surface area contributed by atoms with E-state index >= 15 is 0 Å². The Hall–Kier alpha value is -1.51. The molecule has 0 heterocycles. The third-order valence-corrected chi connectivity index (χ3v) is 3.50. The van der Waals surface area contributed by atoms with Crippen molar-refractivity contribution < 1.29 is 4.74 Å². The number of benzene rings is 2. The van der Waals surface area contributed by atoms with Crippen LogP contribution in [0.5, 0.6) is 11.5 Å². The Kier molecular flexibility index (Phi) is 4.92. The van der Waals surface area contributed by atoms with Crippen LogP contribution in [-0.2, 0) is 6.54 Å². The number of para-hydroxylation sites is 1. The first-order valence-electron chi connectivity index (χ1n) is 7.12. The first-order chi connectivity index (χ1) is 9.85. The summed E-state index contributed by atoms with van der Waals surface area (Å²) in [5.74, 6) is 1.49. The first-order valence-corrected chi connectivity index (χ1v) is 7.50. The number of aryl methyl sites for hydroxylation is 1. The van der Waals surface area contributed by atoms with Crippen LogP contribution in [0.2, 0.25) is 5.02 Å². The summed E-state index contributed by atoms with van der Waals surface area (Å²) in [6, 6.07) is 13.6. The Labute approximate surface area is 132 Å². The van der Waals surface area contributed by atoms with Crippen LogP contribution in [0, 0.1) is 6.92 Å². The standard InChI is InChI=1S/C18H22ClNO/c1-13-11-15(21-17-8-6-5-7-16(17)19)10-9-14(13)12-20-18(2,3)4/h5-11,20H,12H2,1-4H3. The van der Waals surface area contributed by atoms with Crippen LogP contribution in [0.1, 0.15) is 31.9 Å². The van der Waals surface area contributed by atoms with Gasteiger partial charge in [-0.2, -0.15) is 0 Å². The van der Waals surface area contributed by atoms with Crippen LogP contribution in [0.15, 0.2) is 42.5 Å². The van der Waals surface area contributed by atoms with Gasteiger partial charge in [0.15, 0.2) is 0 Å². The van der Waals surface area contributed by atoms with Crippen LogP contribution in [-0.4, -0.2) is 5.54 Å². The molecule has 0 amide bonds. The molecule has 0 aromatic heterocycles. The maximum absolute atomic E-state index is 6.11. The molecule has 0 fully saturated rings. The molecule has 0 spiro atoms. The molecule has 0 saturated carbocycles. The molecule has 0 aliphatic rings. The zero-order valence-corrected chi connectivity index (χ0v) is 13.8. The molecule has 21 heavy (non-hydrogen) atoms. The fraction of sp³-hybridized carbons (Fsp3) is 0.333. The van der Waals surface area contributed by atoms with Gasteiger partial charge in [-0.05, 0) is 63.1 Å². The van der Waals surface area contributed by atoms with E-state index in [2.05, 4.69) is 39.1 Å². The van der Waals surface area contributed by atoms with Gasteiger partial charge in [-0.1, -0.05) is 29.8 Å². The minimum Gasteiger partial charge on any atom is -0.456 e. The fourth-order valence-corrected chi connectivity index (χ4v) is 2.12. The molecule has 2 aromatic carbocycles. The summed E-state index contributed by atoms with van der Waals surface area (Å²) in [5, 5.41) is 4.11. The third kappa shape index (κ3) is 4.76. The Morgan fingerprint density at radius 3 is 2.43 bits per heavy atom. The summed E-state index contributed by atoms with van der Waals surface area (Å²) in [6.45, 7) is 9.44. The average molecular weight is 304 g/mol. The van der Waals surface area contributed by atoms with E-state index in [1.165, 1.54) is 11.1 Å². The minimum atomic E-state index is 0.110. The van der Waals surface area contributed by atoms with Crippen molar-refractivity contribution in [1.82, 2.24) is 5.32 Å². The molecule has 2 rings (SSSR count). The van der Waals surface area contributed by atoms with Gasteiger partial charge in [0, 0.05) is 12.1 Å². The van der Waals surface area contributed by atoms with E-state index in [1.807, 2.05) is 36.4 Å². The summed E-state index contributed by atoms with van der Waals surface area (Å²) in [7, 11) is 0. The summed E-state index contributed by atoms with van der Waals surface area (Å²) in [4.78, 5) is 0. The Morgan fingerprint density at radius 1 is 1.10 bits per heavy atom. The molecule has 112 valence electrons. The van der Waals surface area contributed by atoms with Crippen molar-refractivity contribution in [2.24, 2.45) is 0 Å². The van der Waals surface area contributed by atoms with Crippen molar-refractivity contribution >= 4 is 11.6 Å². The van der Waals surface area contributed by atoms with Gasteiger partial charge in [0.25, 0.3) is 0 Å². The number of hydrogen-bond donors (Lipinski definition) is 1. The van der Waals surface area contributed by atoms with Gasteiger partial charge in [0.05, 0.1) is 5.02 Å². The van der Waals surface area contributed by atoms with Gasteiger partial charge < -0.3 is 10.1 Å². The number of hydrogen-bond acceptors (Lipinski definition) is 2. The fourth-order valence-electron chi connectivity index (χ4n) is 1.95. The zero-order chi connectivity index (χ0) is 15.5. The topological polar surface area (TPSA) is 21.3 Å². The van der Waals surface area contributed by atoms with Crippen molar-refractivity contribution in [2.75, 3.05) is 0 Å². The quantitative estimate of drug-likeness (QED) is 0.824. The van der Waals surface area contributed by atoms with Crippen molar-refractivity contribution in [1.29, 1.82) is 0 Å². The lowest BCUT2D eigenvalue weighted by atomic mass is 10.1. The summed E-state index contributed by atoms with van der Waals surface area (Å²) >= 11 is 6.11. The number of ether oxygens (including phenoxy) is 1. The molecule has 0 saturated heterocycles. The van der Waals surface area contributed by atoms with Crippen LogP contribution in [0.25, 0.3) is 0 Å². The Balaban J connectivity index is 2.10. The highest BCUT2D eigenvalue weighted by molar-refractivity contribution is 6.32. The Morgan fingerprint density at radius 2 is 1.81 bits per heavy atom. The van der Waals surface area contributed by atoms with Gasteiger partial charge >= 0.3 is 0 Å². The van der Waals surface area contributed by atoms with Crippen molar-refractivity contribution in [3.05, 3.63) is 58.6 Å². The molecule has 2 nitrogen and oxygen atoms in total.